The Kier molecular flexibility index (Phi) is 5.60. The summed E-state index contributed by atoms with van der Waals surface area (Å²) in [6.07, 6.45) is 0. The molecule has 0 saturated carbocycles. The van der Waals surface area contributed by atoms with Gasteiger partial charge in [0.15, 0.2) is 6.04 Å². The van der Waals surface area contributed by atoms with E-state index in [1.807, 2.05) is 17.7 Å². The number of carbonyl (C=O) groups is 2. The first-order chi connectivity index (χ1) is 8.54. The fourth-order valence-electron chi connectivity index (χ4n) is 1.29. The maximum Gasteiger partial charge on any atom is 0.328 e. The maximum atomic E-state index is 11.5. The zero-order chi connectivity index (χ0) is 13.5. The van der Waals surface area contributed by atoms with Gasteiger partial charge in [-0.25, -0.2) is 9.59 Å². The van der Waals surface area contributed by atoms with Crippen LogP contribution in [0.3, 0.4) is 0 Å². The number of aliphatic carboxylic acids is 1. The zero-order valence-electron chi connectivity index (χ0n) is 10.2. The third-order valence-electron chi connectivity index (χ3n) is 2.34. The Morgan fingerprint density at radius 1 is 1.50 bits per heavy atom. The van der Waals surface area contributed by atoms with Crippen molar-refractivity contribution >= 4 is 23.3 Å². The summed E-state index contributed by atoms with van der Waals surface area (Å²) in [5, 5.41) is 17.7. The summed E-state index contributed by atoms with van der Waals surface area (Å²) in [7, 11) is 1.38. The third-order valence-corrected chi connectivity index (χ3v) is 3.25. The van der Waals surface area contributed by atoms with Crippen molar-refractivity contribution in [2.75, 3.05) is 13.7 Å². The molecule has 18 heavy (non-hydrogen) atoms. The lowest BCUT2D eigenvalue weighted by Gasteiger charge is -2.14. The number of aryl methyl sites for hydroxylation is 1. The molecule has 6 nitrogen and oxygen atoms in total. The molecule has 100 valence electrons. The van der Waals surface area contributed by atoms with Crippen LogP contribution in [0.5, 0.6) is 0 Å². The number of urea groups is 1. The van der Waals surface area contributed by atoms with E-state index in [2.05, 4.69) is 10.6 Å². The van der Waals surface area contributed by atoms with Gasteiger partial charge in [0.2, 0.25) is 0 Å². The maximum absolute atomic E-state index is 11.5. The number of carboxylic acids is 1. The Balaban J connectivity index is 2.41. The molecule has 0 fully saturated rings. The number of thiophene rings is 1. The average molecular weight is 272 g/mol. The molecular weight excluding hydrogens is 256 g/mol. The van der Waals surface area contributed by atoms with Gasteiger partial charge in [-0.15, -0.1) is 0 Å². The number of amides is 2. The van der Waals surface area contributed by atoms with Crippen LogP contribution in [0.1, 0.15) is 11.1 Å². The van der Waals surface area contributed by atoms with E-state index in [0.29, 0.717) is 6.54 Å². The molecule has 0 aliphatic rings. The Bertz CT molecular complexity index is 419. The molecule has 1 atom stereocenters. The fourth-order valence-corrected chi connectivity index (χ4v) is 2.15. The van der Waals surface area contributed by atoms with E-state index in [9.17, 15) is 9.59 Å². The van der Waals surface area contributed by atoms with Gasteiger partial charge in [0.25, 0.3) is 0 Å². The third kappa shape index (κ3) is 4.34. The number of ether oxygens (including phenoxy) is 1. The Morgan fingerprint density at radius 3 is 2.72 bits per heavy atom. The van der Waals surface area contributed by atoms with Crippen LogP contribution >= 0.6 is 11.3 Å². The quantitative estimate of drug-likeness (QED) is 0.719. The molecule has 0 aliphatic heterocycles. The zero-order valence-corrected chi connectivity index (χ0v) is 11.0. The molecule has 1 unspecified atom stereocenters. The second-order valence-electron chi connectivity index (χ2n) is 3.75. The molecule has 1 heterocycles. The Morgan fingerprint density at radius 2 is 2.22 bits per heavy atom. The van der Waals surface area contributed by atoms with Gasteiger partial charge in [-0.1, -0.05) is 0 Å². The van der Waals surface area contributed by atoms with Crippen LogP contribution in [0.2, 0.25) is 0 Å². The molecule has 1 aromatic rings. The Labute approximate surface area is 109 Å². The molecule has 1 aromatic heterocycles. The van der Waals surface area contributed by atoms with Crippen molar-refractivity contribution in [3.63, 3.8) is 0 Å². The summed E-state index contributed by atoms with van der Waals surface area (Å²) in [4.78, 5) is 22.3. The van der Waals surface area contributed by atoms with Gasteiger partial charge in [0, 0.05) is 13.7 Å². The van der Waals surface area contributed by atoms with Crippen molar-refractivity contribution in [3.05, 3.63) is 21.9 Å². The van der Waals surface area contributed by atoms with Crippen molar-refractivity contribution in [3.8, 4) is 0 Å². The van der Waals surface area contributed by atoms with Crippen LogP contribution in [-0.4, -0.2) is 36.9 Å². The van der Waals surface area contributed by atoms with E-state index in [1.165, 1.54) is 7.11 Å². The van der Waals surface area contributed by atoms with Crippen LogP contribution in [0, 0.1) is 6.92 Å². The molecule has 3 N–H and O–H groups in total. The molecule has 0 radical (unpaired) electrons. The number of rotatable bonds is 6. The number of hydrogen-bond acceptors (Lipinski definition) is 4. The van der Waals surface area contributed by atoms with Gasteiger partial charge in [-0.05, 0) is 28.8 Å². The number of carboxylic acid groups (broad SMARTS) is 1. The highest BCUT2D eigenvalue weighted by atomic mass is 32.1. The summed E-state index contributed by atoms with van der Waals surface area (Å²) in [5.74, 6) is -1.13. The van der Waals surface area contributed by atoms with E-state index in [-0.39, 0.29) is 6.61 Å². The minimum atomic E-state index is -1.13. The molecule has 0 aliphatic carbocycles. The lowest BCUT2D eigenvalue weighted by Crippen LogP contribution is -2.48. The van der Waals surface area contributed by atoms with Gasteiger partial charge in [0.05, 0.1) is 6.61 Å². The lowest BCUT2D eigenvalue weighted by atomic mass is 10.2. The van der Waals surface area contributed by atoms with Crippen molar-refractivity contribution in [1.82, 2.24) is 10.6 Å². The Hall–Kier alpha value is -1.60. The van der Waals surface area contributed by atoms with Gasteiger partial charge >= 0.3 is 12.0 Å². The van der Waals surface area contributed by atoms with E-state index < -0.39 is 18.0 Å². The standard InChI is InChI=1S/C11H16N2O4S/c1-7-5-18-6-8(7)3-12-11(16)13-9(4-17-2)10(14)15/h5-6,9H,3-4H2,1-2H3,(H,14,15)(H2,12,13,16). The topological polar surface area (TPSA) is 87.7 Å². The van der Waals surface area contributed by atoms with Crippen LogP contribution < -0.4 is 10.6 Å². The predicted molar refractivity (Wildman–Crippen MR) is 67.7 cm³/mol. The van der Waals surface area contributed by atoms with Crippen molar-refractivity contribution in [2.45, 2.75) is 19.5 Å². The summed E-state index contributed by atoms with van der Waals surface area (Å²) >= 11 is 1.56. The van der Waals surface area contributed by atoms with Gasteiger partial charge in [-0.2, -0.15) is 11.3 Å². The van der Waals surface area contributed by atoms with Crippen molar-refractivity contribution in [2.24, 2.45) is 0 Å². The molecule has 0 aromatic carbocycles. The van der Waals surface area contributed by atoms with Crippen molar-refractivity contribution in [1.29, 1.82) is 0 Å². The second kappa shape index (κ2) is 6.97. The van der Waals surface area contributed by atoms with Crippen LogP contribution in [0.15, 0.2) is 10.8 Å². The summed E-state index contributed by atoms with van der Waals surface area (Å²) in [6, 6.07) is -1.57. The highest BCUT2D eigenvalue weighted by molar-refractivity contribution is 7.08. The molecule has 2 amide bonds. The molecule has 0 bridgehead atoms. The van der Waals surface area contributed by atoms with Crippen molar-refractivity contribution < 1.29 is 19.4 Å². The number of carbonyl (C=O) groups excluding carboxylic acids is 1. The van der Waals surface area contributed by atoms with Gasteiger partial charge in [-0.3, -0.25) is 0 Å². The minimum Gasteiger partial charge on any atom is -0.480 e. The molecule has 7 heteroatoms. The number of methoxy groups -OCH3 is 1. The van der Waals surface area contributed by atoms with Gasteiger partial charge < -0.3 is 20.5 Å². The molecular formula is C11H16N2O4S. The average Bonchev–Trinajstić information content (AvgIpc) is 2.71. The number of nitrogens with one attached hydrogen (secondary N) is 2. The molecule has 0 spiro atoms. The monoisotopic (exact) mass is 272 g/mol. The predicted octanol–water partition coefficient (Wildman–Crippen LogP) is 0.955. The summed E-state index contributed by atoms with van der Waals surface area (Å²) < 4.78 is 4.71. The van der Waals surface area contributed by atoms with E-state index in [1.54, 1.807) is 11.3 Å². The normalized spacial score (nSPS) is 11.9. The van der Waals surface area contributed by atoms with E-state index in [0.717, 1.165) is 11.1 Å². The van der Waals surface area contributed by atoms with Crippen LogP contribution in [0.4, 0.5) is 4.79 Å². The highest BCUT2D eigenvalue weighted by Gasteiger charge is 2.19. The second-order valence-corrected chi connectivity index (χ2v) is 4.50. The largest absolute Gasteiger partial charge is 0.480 e. The summed E-state index contributed by atoms with van der Waals surface area (Å²) in [5.41, 5.74) is 2.13. The van der Waals surface area contributed by atoms with Gasteiger partial charge in [0.1, 0.15) is 0 Å². The van der Waals surface area contributed by atoms with Crippen LogP contribution in [0.25, 0.3) is 0 Å². The first-order valence-corrected chi connectivity index (χ1v) is 6.26. The smallest absolute Gasteiger partial charge is 0.328 e. The number of hydrogen-bond donors (Lipinski definition) is 3. The minimum absolute atomic E-state index is 0.0692. The van der Waals surface area contributed by atoms with Crippen LogP contribution in [-0.2, 0) is 16.1 Å². The fraction of sp³-hybridized carbons (Fsp3) is 0.455. The SMILES string of the molecule is COCC(NC(=O)NCc1cscc1C)C(=O)O. The lowest BCUT2D eigenvalue weighted by molar-refractivity contribution is -0.140. The van der Waals surface area contributed by atoms with E-state index in [4.69, 9.17) is 9.84 Å². The molecule has 1 rings (SSSR count). The summed E-state index contributed by atoms with van der Waals surface area (Å²) in [6.45, 7) is 2.26. The van der Waals surface area contributed by atoms with E-state index >= 15 is 0 Å². The highest BCUT2D eigenvalue weighted by Crippen LogP contribution is 2.12. The first kappa shape index (κ1) is 14.5. The molecule has 0 saturated heterocycles. The first-order valence-electron chi connectivity index (χ1n) is 5.32.